The van der Waals surface area contributed by atoms with Gasteiger partial charge in [-0.3, -0.25) is 9.59 Å². The highest BCUT2D eigenvalue weighted by Crippen LogP contribution is 2.30. The molecule has 0 saturated heterocycles. The normalized spacial score (nSPS) is 10.5. The molecule has 0 unspecified atom stereocenters. The first-order chi connectivity index (χ1) is 13.5. The molecule has 0 spiro atoms. The first-order valence-corrected chi connectivity index (χ1v) is 9.55. The van der Waals surface area contributed by atoms with E-state index in [0.717, 1.165) is 15.8 Å². The summed E-state index contributed by atoms with van der Waals surface area (Å²) in [6.07, 6.45) is 0.607. The number of rotatable bonds is 7. The number of methoxy groups -OCH3 is 2. The van der Waals surface area contributed by atoms with Crippen LogP contribution in [0.5, 0.6) is 11.5 Å². The number of carbonyl (C=O) groups is 2. The summed E-state index contributed by atoms with van der Waals surface area (Å²) in [6.45, 7) is 1.79. The standard InChI is InChI=1S/C20H21N3O4S/c1-4-18(24)23-20-22-15-7-5-12(9-17(15)28-20)10-19(25)21-14-8-6-13(26-2)11-16(14)27-3/h5-9,11H,4,10H2,1-3H3,(H,21,25)(H,22,23,24). The van der Waals surface area contributed by atoms with Gasteiger partial charge in [-0.2, -0.15) is 0 Å². The van der Waals surface area contributed by atoms with Crippen molar-refractivity contribution in [1.82, 2.24) is 4.98 Å². The van der Waals surface area contributed by atoms with Crippen LogP contribution in [0.25, 0.3) is 10.2 Å². The number of benzene rings is 2. The summed E-state index contributed by atoms with van der Waals surface area (Å²) in [6, 6.07) is 10.8. The number of carbonyl (C=O) groups excluding carboxylic acids is 2. The third-order valence-corrected chi connectivity index (χ3v) is 5.00. The van der Waals surface area contributed by atoms with Gasteiger partial charge in [-0.25, -0.2) is 4.98 Å². The van der Waals surface area contributed by atoms with Crippen molar-refractivity contribution in [3.8, 4) is 11.5 Å². The van der Waals surface area contributed by atoms with Crippen molar-refractivity contribution < 1.29 is 19.1 Å². The van der Waals surface area contributed by atoms with Crippen molar-refractivity contribution in [2.45, 2.75) is 19.8 Å². The number of nitrogens with zero attached hydrogens (tertiary/aromatic N) is 1. The fourth-order valence-corrected chi connectivity index (χ4v) is 3.57. The minimum absolute atomic E-state index is 0.0768. The first-order valence-electron chi connectivity index (χ1n) is 8.73. The van der Waals surface area contributed by atoms with E-state index in [9.17, 15) is 9.59 Å². The van der Waals surface area contributed by atoms with E-state index >= 15 is 0 Å². The van der Waals surface area contributed by atoms with Gasteiger partial charge in [0.25, 0.3) is 0 Å². The Labute approximate surface area is 166 Å². The van der Waals surface area contributed by atoms with Gasteiger partial charge in [-0.05, 0) is 29.8 Å². The Balaban J connectivity index is 1.71. The van der Waals surface area contributed by atoms with Gasteiger partial charge < -0.3 is 20.1 Å². The molecule has 0 aliphatic rings. The molecule has 0 saturated carbocycles. The summed E-state index contributed by atoms with van der Waals surface area (Å²) < 4.78 is 11.4. The maximum atomic E-state index is 12.5. The van der Waals surface area contributed by atoms with Gasteiger partial charge in [-0.1, -0.05) is 24.3 Å². The fourth-order valence-electron chi connectivity index (χ4n) is 2.62. The molecule has 2 aromatic carbocycles. The van der Waals surface area contributed by atoms with Crippen LogP contribution in [0.3, 0.4) is 0 Å². The molecule has 0 aliphatic heterocycles. The lowest BCUT2D eigenvalue weighted by molar-refractivity contribution is -0.116. The van der Waals surface area contributed by atoms with Crippen LogP contribution in [-0.4, -0.2) is 31.0 Å². The lowest BCUT2D eigenvalue weighted by Gasteiger charge is -2.11. The Kier molecular flexibility index (Phi) is 6.10. The number of thiazole rings is 1. The third kappa shape index (κ3) is 4.58. The molecule has 0 atom stereocenters. The summed E-state index contributed by atoms with van der Waals surface area (Å²) >= 11 is 1.39. The predicted molar refractivity (Wildman–Crippen MR) is 110 cm³/mol. The number of hydrogen-bond donors (Lipinski definition) is 2. The van der Waals surface area contributed by atoms with E-state index in [-0.39, 0.29) is 18.2 Å². The van der Waals surface area contributed by atoms with Crippen LogP contribution in [0.2, 0.25) is 0 Å². The number of amides is 2. The quantitative estimate of drug-likeness (QED) is 0.630. The van der Waals surface area contributed by atoms with Crippen molar-refractivity contribution in [1.29, 1.82) is 0 Å². The van der Waals surface area contributed by atoms with Gasteiger partial charge in [-0.15, -0.1) is 0 Å². The zero-order valence-electron chi connectivity index (χ0n) is 15.9. The van der Waals surface area contributed by atoms with E-state index in [1.165, 1.54) is 18.4 Å². The Morgan fingerprint density at radius 2 is 1.86 bits per heavy atom. The molecule has 0 radical (unpaired) electrons. The molecule has 3 rings (SSSR count). The third-order valence-electron chi connectivity index (χ3n) is 4.07. The van der Waals surface area contributed by atoms with Crippen molar-refractivity contribution in [2.24, 2.45) is 0 Å². The molecular formula is C20H21N3O4S. The summed E-state index contributed by atoms with van der Waals surface area (Å²) in [4.78, 5) is 28.4. The van der Waals surface area contributed by atoms with Crippen LogP contribution >= 0.6 is 11.3 Å². The maximum absolute atomic E-state index is 12.5. The zero-order valence-corrected chi connectivity index (χ0v) is 16.7. The average molecular weight is 399 g/mol. The average Bonchev–Trinajstić information content (AvgIpc) is 3.09. The SMILES string of the molecule is CCC(=O)Nc1nc2ccc(CC(=O)Nc3ccc(OC)cc3OC)cc2s1. The number of anilines is 2. The highest BCUT2D eigenvalue weighted by Gasteiger charge is 2.12. The van der Waals surface area contributed by atoms with Gasteiger partial charge in [0.2, 0.25) is 11.8 Å². The highest BCUT2D eigenvalue weighted by molar-refractivity contribution is 7.22. The molecule has 7 nitrogen and oxygen atoms in total. The molecule has 0 aliphatic carbocycles. The molecule has 28 heavy (non-hydrogen) atoms. The predicted octanol–water partition coefficient (Wildman–Crippen LogP) is 3.84. The van der Waals surface area contributed by atoms with Gasteiger partial charge in [0.15, 0.2) is 5.13 Å². The van der Waals surface area contributed by atoms with E-state index in [2.05, 4.69) is 15.6 Å². The number of ether oxygens (including phenoxy) is 2. The smallest absolute Gasteiger partial charge is 0.228 e. The van der Waals surface area contributed by atoms with E-state index in [0.29, 0.717) is 28.7 Å². The van der Waals surface area contributed by atoms with Gasteiger partial charge in [0.1, 0.15) is 11.5 Å². The molecule has 1 aromatic heterocycles. The van der Waals surface area contributed by atoms with Crippen molar-refractivity contribution >= 4 is 44.2 Å². The molecule has 0 bridgehead atoms. The minimum Gasteiger partial charge on any atom is -0.497 e. The molecule has 146 valence electrons. The van der Waals surface area contributed by atoms with Gasteiger partial charge in [0, 0.05) is 12.5 Å². The molecule has 2 N–H and O–H groups in total. The lowest BCUT2D eigenvalue weighted by Crippen LogP contribution is -2.15. The largest absolute Gasteiger partial charge is 0.497 e. The van der Waals surface area contributed by atoms with Crippen molar-refractivity contribution in [3.05, 3.63) is 42.0 Å². The number of fused-ring (bicyclic) bond motifs is 1. The summed E-state index contributed by atoms with van der Waals surface area (Å²) in [5.41, 5.74) is 2.23. The second-order valence-electron chi connectivity index (χ2n) is 6.01. The van der Waals surface area contributed by atoms with Crippen LogP contribution in [-0.2, 0) is 16.0 Å². The zero-order chi connectivity index (χ0) is 20.1. The second kappa shape index (κ2) is 8.71. The molecule has 8 heteroatoms. The van der Waals surface area contributed by atoms with Crippen LogP contribution in [0.1, 0.15) is 18.9 Å². The maximum Gasteiger partial charge on any atom is 0.228 e. The first kappa shape index (κ1) is 19.6. The number of hydrogen-bond acceptors (Lipinski definition) is 6. The van der Waals surface area contributed by atoms with Gasteiger partial charge >= 0.3 is 0 Å². The van der Waals surface area contributed by atoms with Crippen molar-refractivity contribution in [3.63, 3.8) is 0 Å². The molecule has 3 aromatic rings. The van der Waals surface area contributed by atoms with E-state index < -0.39 is 0 Å². The minimum atomic E-state index is -0.160. The molecular weight excluding hydrogens is 378 g/mol. The number of nitrogens with one attached hydrogen (secondary N) is 2. The molecule has 0 fully saturated rings. The van der Waals surface area contributed by atoms with Crippen LogP contribution in [0.4, 0.5) is 10.8 Å². The fraction of sp³-hybridized carbons (Fsp3) is 0.250. The van der Waals surface area contributed by atoms with E-state index in [1.807, 2.05) is 18.2 Å². The monoisotopic (exact) mass is 399 g/mol. The van der Waals surface area contributed by atoms with Crippen LogP contribution < -0.4 is 20.1 Å². The second-order valence-corrected chi connectivity index (χ2v) is 7.04. The topological polar surface area (TPSA) is 89.6 Å². The Hall–Kier alpha value is -3.13. The number of aromatic nitrogens is 1. The Bertz CT molecular complexity index is 1020. The van der Waals surface area contributed by atoms with E-state index in [4.69, 9.17) is 9.47 Å². The Morgan fingerprint density at radius 1 is 1.04 bits per heavy atom. The van der Waals surface area contributed by atoms with Gasteiger partial charge in [0.05, 0.1) is 36.5 Å². The van der Waals surface area contributed by atoms with Crippen LogP contribution in [0, 0.1) is 0 Å². The highest BCUT2D eigenvalue weighted by atomic mass is 32.1. The molecule has 1 heterocycles. The summed E-state index contributed by atoms with van der Waals surface area (Å²) in [5, 5.41) is 6.18. The van der Waals surface area contributed by atoms with Crippen molar-refractivity contribution in [2.75, 3.05) is 24.9 Å². The Morgan fingerprint density at radius 3 is 2.57 bits per heavy atom. The van der Waals surface area contributed by atoms with E-state index in [1.54, 1.807) is 32.2 Å². The summed E-state index contributed by atoms with van der Waals surface area (Å²) in [5.74, 6) is 0.942. The molecule has 2 amide bonds. The lowest BCUT2D eigenvalue weighted by atomic mass is 10.1. The summed E-state index contributed by atoms with van der Waals surface area (Å²) in [7, 11) is 3.11. The van der Waals surface area contributed by atoms with Crippen LogP contribution in [0.15, 0.2) is 36.4 Å².